The number of aryl methyl sites for hydroxylation is 1. The Morgan fingerprint density at radius 3 is 2.59 bits per heavy atom. The van der Waals surface area contributed by atoms with Gasteiger partial charge >= 0.3 is 0 Å². The van der Waals surface area contributed by atoms with Crippen molar-refractivity contribution in [1.82, 2.24) is 0 Å². The van der Waals surface area contributed by atoms with Crippen molar-refractivity contribution < 1.29 is 4.21 Å². The summed E-state index contributed by atoms with van der Waals surface area (Å²) in [5.41, 5.74) is 8.63. The fourth-order valence-electron chi connectivity index (χ4n) is 1.65. The van der Waals surface area contributed by atoms with Crippen molar-refractivity contribution in [2.24, 2.45) is 0 Å². The topological polar surface area (TPSA) is 43.1 Å². The number of rotatable bonds is 3. The number of nitrogen functional groups attached to an aromatic ring is 1. The normalized spacial score (nSPS) is 12.3. The third-order valence-corrected chi connectivity index (χ3v) is 4.02. The summed E-state index contributed by atoms with van der Waals surface area (Å²) in [6, 6.07) is 15.3. The van der Waals surface area contributed by atoms with Gasteiger partial charge in [-0.1, -0.05) is 30.3 Å². The van der Waals surface area contributed by atoms with Crippen LogP contribution >= 0.6 is 0 Å². The lowest BCUT2D eigenvalue weighted by Gasteiger charge is -2.06. The third kappa shape index (κ3) is 2.94. The standard InChI is InChI=1S/C14H15NOS/c1-11-5-2-3-6-12(11)10-17(16)14-8-4-7-13(15)9-14/h2-9H,10,15H2,1H3. The van der Waals surface area contributed by atoms with Crippen LogP contribution in [0.4, 0.5) is 5.69 Å². The molecule has 0 aliphatic rings. The fourth-order valence-corrected chi connectivity index (χ4v) is 2.92. The summed E-state index contributed by atoms with van der Waals surface area (Å²) in [4.78, 5) is 0.785. The van der Waals surface area contributed by atoms with Crippen LogP contribution in [0.25, 0.3) is 0 Å². The van der Waals surface area contributed by atoms with Gasteiger partial charge in [0.15, 0.2) is 0 Å². The zero-order chi connectivity index (χ0) is 12.3. The Labute approximate surface area is 104 Å². The van der Waals surface area contributed by atoms with Crippen LogP contribution in [0.1, 0.15) is 11.1 Å². The molecule has 0 spiro atoms. The van der Waals surface area contributed by atoms with Gasteiger partial charge in [0.05, 0.1) is 16.6 Å². The van der Waals surface area contributed by atoms with Crippen LogP contribution in [0.15, 0.2) is 53.4 Å². The van der Waals surface area contributed by atoms with Gasteiger partial charge in [0.1, 0.15) is 0 Å². The number of nitrogens with two attached hydrogens (primary N) is 1. The molecule has 2 aromatic carbocycles. The summed E-state index contributed by atoms with van der Waals surface area (Å²) in [6.45, 7) is 2.03. The maximum absolute atomic E-state index is 12.2. The Balaban J connectivity index is 2.20. The van der Waals surface area contributed by atoms with Crippen molar-refractivity contribution in [3.8, 4) is 0 Å². The molecule has 0 aliphatic carbocycles. The molecule has 2 N–H and O–H groups in total. The molecule has 1 unspecified atom stereocenters. The zero-order valence-corrected chi connectivity index (χ0v) is 10.5. The van der Waals surface area contributed by atoms with Crippen LogP contribution in [0.2, 0.25) is 0 Å². The summed E-state index contributed by atoms with van der Waals surface area (Å²) in [7, 11) is -1.03. The highest BCUT2D eigenvalue weighted by Crippen LogP contribution is 2.17. The highest BCUT2D eigenvalue weighted by molar-refractivity contribution is 7.84. The first-order valence-corrected chi connectivity index (χ1v) is 6.77. The first-order valence-electron chi connectivity index (χ1n) is 5.45. The number of hydrogen-bond donors (Lipinski definition) is 1. The van der Waals surface area contributed by atoms with E-state index >= 15 is 0 Å². The van der Waals surface area contributed by atoms with Gasteiger partial charge in [0.25, 0.3) is 0 Å². The van der Waals surface area contributed by atoms with Crippen LogP contribution in [0.5, 0.6) is 0 Å². The zero-order valence-electron chi connectivity index (χ0n) is 9.72. The molecule has 17 heavy (non-hydrogen) atoms. The van der Waals surface area contributed by atoms with Gasteiger partial charge in [-0.2, -0.15) is 0 Å². The lowest BCUT2D eigenvalue weighted by atomic mass is 10.1. The van der Waals surface area contributed by atoms with Crippen molar-refractivity contribution >= 4 is 16.5 Å². The molecule has 2 nitrogen and oxygen atoms in total. The molecule has 1 atom stereocenters. The van der Waals surface area contributed by atoms with Gasteiger partial charge in [0, 0.05) is 10.6 Å². The Kier molecular flexibility index (Phi) is 3.59. The second kappa shape index (κ2) is 5.15. The fraction of sp³-hybridized carbons (Fsp3) is 0.143. The van der Waals surface area contributed by atoms with Crippen LogP contribution in [-0.4, -0.2) is 4.21 Å². The SMILES string of the molecule is Cc1ccccc1CS(=O)c1cccc(N)c1. The van der Waals surface area contributed by atoms with Crippen molar-refractivity contribution in [3.63, 3.8) is 0 Å². The molecule has 2 rings (SSSR count). The second-order valence-corrected chi connectivity index (χ2v) is 5.44. The molecule has 0 saturated heterocycles. The molecule has 3 heteroatoms. The van der Waals surface area contributed by atoms with Gasteiger partial charge in [-0.3, -0.25) is 4.21 Å². The molecule has 0 bridgehead atoms. The molecular weight excluding hydrogens is 230 g/mol. The number of hydrogen-bond acceptors (Lipinski definition) is 2. The Morgan fingerprint density at radius 1 is 1.12 bits per heavy atom. The summed E-state index contributed by atoms with van der Waals surface area (Å²) in [5.74, 6) is 0.538. The minimum atomic E-state index is -1.03. The highest BCUT2D eigenvalue weighted by atomic mass is 32.2. The van der Waals surface area contributed by atoms with E-state index in [-0.39, 0.29) is 0 Å². The maximum atomic E-state index is 12.2. The van der Waals surface area contributed by atoms with E-state index < -0.39 is 10.8 Å². The van der Waals surface area contributed by atoms with Crippen LogP contribution in [0, 0.1) is 6.92 Å². The van der Waals surface area contributed by atoms with E-state index in [1.54, 1.807) is 12.1 Å². The summed E-state index contributed by atoms with van der Waals surface area (Å²) < 4.78 is 12.2. The summed E-state index contributed by atoms with van der Waals surface area (Å²) in [5, 5.41) is 0. The first kappa shape index (κ1) is 11.9. The average Bonchev–Trinajstić information content (AvgIpc) is 2.32. The van der Waals surface area contributed by atoms with Crippen LogP contribution in [-0.2, 0) is 16.6 Å². The molecular formula is C14H15NOS. The molecule has 0 saturated carbocycles. The average molecular weight is 245 g/mol. The van der Waals surface area contributed by atoms with E-state index in [9.17, 15) is 4.21 Å². The van der Waals surface area contributed by atoms with Gasteiger partial charge in [-0.05, 0) is 36.2 Å². The summed E-state index contributed by atoms with van der Waals surface area (Å²) >= 11 is 0. The first-order chi connectivity index (χ1) is 8.16. The van der Waals surface area contributed by atoms with Gasteiger partial charge in [0.2, 0.25) is 0 Å². The largest absolute Gasteiger partial charge is 0.399 e. The minimum absolute atomic E-state index is 0.538. The quantitative estimate of drug-likeness (QED) is 0.845. The molecule has 0 radical (unpaired) electrons. The highest BCUT2D eigenvalue weighted by Gasteiger charge is 2.06. The minimum Gasteiger partial charge on any atom is -0.399 e. The van der Waals surface area contributed by atoms with E-state index in [2.05, 4.69) is 0 Å². The predicted molar refractivity (Wildman–Crippen MR) is 72.1 cm³/mol. The van der Waals surface area contributed by atoms with Gasteiger partial charge in [-0.25, -0.2) is 0 Å². The summed E-state index contributed by atoms with van der Waals surface area (Å²) in [6.07, 6.45) is 0. The van der Waals surface area contributed by atoms with Crippen molar-refractivity contribution in [3.05, 3.63) is 59.7 Å². The Hall–Kier alpha value is -1.61. The van der Waals surface area contributed by atoms with E-state index in [4.69, 9.17) is 5.73 Å². The number of anilines is 1. The second-order valence-electron chi connectivity index (χ2n) is 3.99. The lowest BCUT2D eigenvalue weighted by Crippen LogP contribution is -1.99. The smallest absolute Gasteiger partial charge is 0.0575 e. The van der Waals surface area contributed by atoms with Gasteiger partial charge in [-0.15, -0.1) is 0 Å². The van der Waals surface area contributed by atoms with Crippen LogP contribution < -0.4 is 5.73 Å². The Morgan fingerprint density at radius 2 is 1.88 bits per heavy atom. The van der Waals surface area contributed by atoms with E-state index in [1.165, 1.54) is 5.56 Å². The third-order valence-electron chi connectivity index (χ3n) is 2.67. The lowest BCUT2D eigenvalue weighted by molar-refractivity contribution is 0.682. The molecule has 0 aromatic heterocycles. The predicted octanol–water partition coefficient (Wildman–Crippen LogP) is 2.89. The molecule has 0 heterocycles. The van der Waals surface area contributed by atoms with E-state index in [0.29, 0.717) is 11.4 Å². The van der Waals surface area contributed by atoms with E-state index in [0.717, 1.165) is 10.5 Å². The number of benzene rings is 2. The van der Waals surface area contributed by atoms with Crippen molar-refractivity contribution in [1.29, 1.82) is 0 Å². The molecule has 0 aliphatic heterocycles. The molecule has 0 fully saturated rings. The van der Waals surface area contributed by atoms with E-state index in [1.807, 2.05) is 43.3 Å². The van der Waals surface area contributed by atoms with Crippen molar-refractivity contribution in [2.75, 3.05) is 5.73 Å². The molecule has 2 aromatic rings. The van der Waals surface area contributed by atoms with Crippen LogP contribution in [0.3, 0.4) is 0 Å². The monoisotopic (exact) mass is 245 g/mol. The molecule has 0 amide bonds. The molecule has 88 valence electrons. The maximum Gasteiger partial charge on any atom is 0.0575 e. The van der Waals surface area contributed by atoms with Gasteiger partial charge < -0.3 is 5.73 Å². The Bertz CT molecular complexity index is 551. The van der Waals surface area contributed by atoms with Crippen molar-refractivity contribution in [2.45, 2.75) is 17.6 Å².